The molecule has 0 amide bonds. The number of alkyl halides is 2. The number of thiophene rings is 1. The summed E-state index contributed by atoms with van der Waals surface area (Å²) in [5.41, 5.74) is -0.218. The smallest absolute Gasteiger partial charge is 0.268 e. The molecule has 7 heteroatoms. The predicted molar refractivity (Wildman–Crippen MR) is 96.7 cm³/mol. The fraction of sp³-hybridized carbons (Fsp3) is 0.316. The molecule has 1 aliphatic rings. The van der Waals surface area contributed by atoms with Crippen LogP contribution in [0.4, 0.5) is 13.2 Å². The lowest BCUT2D eigenvalue weighted by Crippen LogP contribution is -2.47. The first-order valence-corrected chi connectivity index (χ1v) is 9.29. The molecule has 0 unspecified atom stereocenters. The molecule has 26 heavy (non-hydrogen) atoms. The van der Waals surface area contributed by atoms with Crippen LogP contribution in [0.5, 0.6) is 0 Å². The summed E-state index contributed by atoms with van der Waals surface area (Å²) >= 11 is 1.21. The van der Waals surface area contributed by atoms with Crippen LogP contribution in [0.1, 0.15) is 42.8 Å². The number of benzene rings is 1. The van der Waals surface area contributed by atoms with Crippen molar-refractivity contribution in [2.24, 2.45) is 4.99 Å². The lowest BCUT2D eigenvalue weighted by atomic mass is 9.79. The summed E-state index contributed by atoms with van der Waals surface area (Å²) in [5, 5.41) is 1.64. The van der Waals surface area contributed by atoms with Gasteiger partial charge in [-0.05, 0) is 36.4 Å². The summed E-state index contributed by atoms with van der Waals surface area (Å²) in [7, 11) is 0. The molecule has 0 bridgehead atoms. The van der Waals surface area contributed by atoms with Crippen LogP contribution in [0, 0.1) is 5.82 Å². The summed E-state index contributed by atoms with van der Waals surface area (Å²) in [5.74, 6) is -3.52. The summed E-state index contributed by atoms with van der Waals surface area (Å²) < 4.78 is 44.2. The molecule has 3 heterocycles. The SMILES string of the molecule is CCC1(CC)N=C(c2cnc3c(F)cccc3n2)c2sccc2C1(F)F. The van der Waals surface area contributed by atoms with E-state index < -0.39 is 17.3 Å². The first-order valence-electron chi connectivity index (χ1n) is 8.41. The maximum atomic E-state index is 15.2. The van der Waals surface area contributed by atoms with Crippen LogP contribution < -0.4 is 0 Å². The zero-order chi connectivity index (χ0) is 18.5. The highest BCUT2D eigenvalue weighted by molar-refractivity contribution is 7.12. The third kappa shape index (κ3) is 2.23. The molecule has 134 valence electrons. The minimum atomic E-state index is -3.05. The van der Waals surface area contributed by atoms with Crippen LogP contribution in [-0.4, -0.2) is 21.2 Å². The monoisotopic (exact) mass is 375 g/mol. The molecular formula is C19H16F3N3S. The number of para-hydroxylation sites is 1. The summed E-state index contributed by atoms with van der Waals surface area (Å²) in [4.78, 5) is 13.5. The van der Waals surface area contributed by atoms with Gasteiger partial charge in [-0.1, -0.05) is 19.9 Å². The molecule has 0 spiro atoms. The van der Waals surface area contributed by atoms with Crippen LogP contribution in [-0.2, 0) is 5.92 Å². The number of hydrogen-bond acceptors (Lipinski definition) is 4. The summed E-state index contributed by atoms with van der Waals surface area (Å²) in [6, 6.07) is 5.97. The van der Waals surface area contributed by atoms with Crippen molar-refractivity contribution in [2.75, 3.05) is 0 Å². The normalized spacial score (nSPS) is 17.8. The molecule has 0 saturated heterocycles. The molecule has 0 N–H and O–H groups in total. The Labute approximate surface area is 152 Å². The maximum Gasteiger partial charge on any atom is 0.299 e. The second-order valence-electron chi connectivity index (χ2n) is 6.30. The Balaban J connectivity index is 1.97. The number of aliphatic imine (C=N–C) groups is 1. The quantitative estimate of drug-likeness (QED) is 0.620. The standard InChI is InChI=1S/C19H16F3N3S/c1-3-18(4-2)19(21,22)11-8-9-26-17(11)16(25-18)14-10-23-15-12(20)6-5-7-13(15)24-14/h5-10H,3-4H2,1-2H3. The molecule has 1 aromatic carbocycles. The van der Waals surface area contributed by atoms with Crippen molar-refractivity contribution in [3.8, 4) is 0 Å². The Morgan fingerprint density at radius 2 is 1.88 bits per heavy atom. The van der Waals surface area contributed by atoms with Gasteiger partial charge in [0.05, 0.1) is 16.6 Å². The predicted octanol–water partition coefficient (Wildman–Crippen LogP) is 5.33. The molecule has 3 aromatic rings. The molecule has 2 aromatic heterocycles. The van der Waals surface area contributed by atoms with Crippen molar-refractivity contribution in [3.63, 3.8) is 0 Å². The van der Waals surface area contributed by atoms with Gasteiger partial charge >= 0.3 is 0 Å². The van der Waals surface area contributed by atoms with E-state index >= 15 is 8.78 Å². The molecular weight excluding hydrogens is 359 g/mol. The van der Waals surface area contributed by atoms with Gasteiger partial charge < -0.3 is 0 Å². The van der Waals surface area contributed by atoms with E-state index in [0.717, 1.165) is 0 Å². The van der Waals surface area contributed by atoms with Crippen molar-refractivity contribution in [2.45, 2.75) is 38.2 Å². The lowest BCUT2D eigenvalue weighted by molar-refractivity contribution is -0.0856. The highest BCUT2D eigenvalue weighted by atomic mass is 32.1. The molecule has 0 fully saturated rings. The Bertz CT molecular complexity index is 1020. The molecule has 4 rings (SSSR count). The van der Waals surface area contributed by atoms with Gasteiger partial charge in [0.25, 0.3) is 5.92 Å². The fourth-order valence-corrected chi connectivity index (χ4v) is 4.40. The first-order chi connectivity index (χ1) is 12.4. The van der Waals surface area contributed by atoms with Crippen molar-refractivity contribution in [1.29, 1.82) is 0 Å². The molecule has 0 aliphatic carbocycles. The minimum Gasteiger partial charge on any atom is -0.268 e. The van der Waals surface area contributed by atoms with Crippen LogP contribution in [0.15, 0.2) is 40.8 Å². The Morgan fingerprint density at radius 1 is 1.12 bits per heavy atom. The molecule has 0 radical (unpaired) electrons. The van der Waals surface area contributed by atoms with Gasteiger partial charge in [-0.25, -0.2) is 14.4 Å². The Kier molecular flexibility index (Phi) is 3.87. The average molecular weight is 375 g/mol. The number of rotatable bonds is 3. The van der Waals surface area contributed by atoms with Gasteiger partial charge in [0.1, 0.15) is 22.5 Å². The largest absolute Gasteiger partial charge is 0.299 e. The van der Waals surface area contributed by atoms with E-state index in [1.54, 1.807) is 31.4 Å². The van der Waals surface area contributed by atoms with E-state index in [4.69, 9.17) is 0 Å². The molecule has 0 atom stereocenters. The maximum absolute atomic E-state index is 15.2. The van der Waals surface area contributed by atoms with Crippen molar-refractivity contribution < 1.29 is 13.2 Å². The highest BCUT2D eigenvalue weighted by Gasteiger charge is 2.57. The van der Waals surface area contributed by atoms with E-state index in [1.165, 1.54) is 29.7 Å². The van der Waals surface area contributed by atoms with Crippen molar-refractivity contribution in [1.82, 2.24) is 9.97 Å². The van der Waals surface area contributed by atoms with Gasteiger partial charge in [0.15, 0.2) is 5.82 Å². The Hall–Kier alpha value is -2.28. The van der Waals surface area contributed by atoms with E-state index in [1.807, 2.05) is 0 Å². The van der Waals surface area contributed by atoms with E-state index in [0.29, 0.717) is 21.8 Å². The first kappa shape index (κ1) is 17.1. The second kappa shape index (κ2) is 5.87. The zero-order valence-corrected chi connectivity index (χ0v) is 15.1. The minimum absolute atomic E-state index is 0.0164. The van der Waals surface area contributed by atoms with Crippen LogP contribution >= 0.6 is 11.3 Å². The van der Waals surface area contributed by atoms with Gasteiger partial charge in [-0.3, -0.25) is 4.99 Å². The number of fused-ring (bicyclic) bond motifs is 2. The van der Waals surface area contributed by atoms with E-state index in [2.05, 4.69) is 15.0 Å². The zero-order valence-electron chi connectivity index (χ0n) is 14.3. The third-order valence-corrected chi connectivity index (χ3v) is 5.98. The summed E-state index contributed by atoms with van der Waals surface area (Å²) in [6.45, 7) is 3.44. The van der Waals surface area contributed by atoms with E-state index in [9.17, 15) is 4.39 Å². The van der Waals surface area contributed by atoms with Crippen molar-refractivity contribution >= 4 is 28.1 Å². The average Bonchev–Trinajstić information content (AvgIpc) is 3.13. The van der Waals surface area contributed by atoms with Crippen LogP contribution in [0.2, 0.25) is 0 Å². The number of hydrogen-bond donors (Lipinski definition) is 0. The van der Waals surface area contributed by atoms with E-state index in [-0.39, 0.29) is 23.9 Å². The second-order valence-corrected chi connectivity index (χ2v) is 7.22. The van der Waals surface area contributed by atoms with Crippen molar-refractivity contribution in [3.05, 3.63) is 57.8 Å². The lowest BCUT2D eigenvalue weighted by Gasteiger charge is -2.39. The third-order valence-electron chi connectivity index (χ3n) is 5.06. The van der Waals surface area contributed by atoms with Gasteiger partial charge in [0, 0.05) is 5.56 Å². The van der Waals surface area contributed by atoms with Crippen LogP contribution in [0.3, 0.4) is 0 Å². The summed E-state index contributed by atoms with van der Waals surface area (Å²) in [6.07, 6.45) is 1.81. The number of halogens is 3. The van der Waals surface area contributed by atoms with Gasteiger partial charge in [0.2, 0.25) is 0 Å². The number of nitrogens with zero attached hydrogens (tertiary/aromatic N) is 3. The number of aromatic nitrogens is 2. The van der Waals surface area contributed by atoms with Gasteiger partial charge in [-0.2, -0.15) is 8.78 Å². The fourth-order valence-electron chi connectivity index (χ4n) is 3.47. The molecule has 3 nitrogen and oxygen atoms in total. The topological polar surface area (TPSA) is 38.1 Å². The Morgan fingerprint density at radius 3 is 2.62 bits per heavy atom. The molecule has 0 saturated carbocycles. The highest BCUT2D eigenvalue weighted by Crippen LogP contribution is 2.51. The van der Waals surface area contributed by atoms with Gasteiger partial charge in [-0.15, -0.1) is 11.3 Å². The molecule has 1 aliphatic heterocycles. The van der Waals surface area contributed by atoms with Crippen LogP contribution in [0.25, 0.3) is 11.0 Å².